The Hall–Kier alpha value is -3.14. The van der Waals surface area contributed by atoms with E-state index in [2.05, 4.69) is 5.32 Å². The zero-order valence-corrected chi connectivity index (χ0v) is 15.0. The number of carbonyl (C=O) groups excluding carboxylic acids is 2. The van der Waals surface area contributed by atoms with E-state index in [9.17, 15) is 32.3 Å². The molecule has 2 amide bonds. The van der Waals surface area contributed by atoms with Crippen molar-refractivity contribution in [2.24, 2.45) is 5.92 Å². The summed E-state index contributed by atoms with van der Waals surface area (Å²) in [7, 11) is 1.39. The highest BCUT2D eigenvalue weighted by Crippen LogP contribution is 2.44. The highest BCUT2D eigenvalue weighted by atomic mass is 19.4. The number of methoxy groups -OCH3 is 1. The lowest BCUT2D eigenvalue weighted by molar-refractivity contribution is -0.287. The van der Waals surface area contributed by atoms with Crippen LogP contribution in [-0.2, 0) is 0 Å². The average molecular weight is 412 g/mol. The Bertz CT molecular complexity index is 915. The van der Waals surface area contributed by atoms with Crippen LogP contribution in [-0.4, -0.2) is 35.9 Å². The number of alkyl halides is 3. The molecule has 1 saturated heterocycles. The number of hydrogen-bond donors (Lipinski definition) is 3. The minimum absolute atomic E-state index is 0.142. The summed E-state index contributed by atoms with van der Waals surface area (Å²) in [6.45, 7) is 0. The largest absolute Gasteiger partial charge is 0.497 e. The Balaban J connectivity index is 2.13. The van der Waals surface area contributed by atoms with Crippen molar-refractivity contribution in [3.8, 4) is 5.75 Å². The number of halogens is 4. The van der Waals surface area contributed by atoms with Gasteiger partial charge in [0.1, 0.15) is 17.5 Å². The van der Waals surface area contributed by atoms with Crippen LogP contribution >= 0.6 is 0 Å². The molecule has 29 heavy (non-hydrogen) atoms. The number of urea groups is 1. The molecule has 1 aliphatic rings. The van der Waals surface area contributed by atoms with Crippen molar-refractivity contribution in [3.63, 3.8) is 0 Å². The van der Waals surface area contributed by atoms with Crippen LogP contribution in [0.1, 0.15) is 22.0 Å². The summed E-state index contributed by atoms with van der Waals surface area (Å²) in [4.78, 5) is 24.9. The molecule has 1 heterocycles. The first kappa shape index (κ1) is 20.6. The van der Waals surface area contributed by atoms with E-state index in [-0.39, 0.29) is 11.1 Å². The van der Waals surface area contributed by atoms with Gasteiger partial charge in [0.05, 0.1) is 13.2 Å². The standard InChI is InChI=1S/C19H16F4N2O4/c1-29-13-8-4-10(5-9-13)15-14(16(26)11-2-6-12(20)7-3-11)18(28,19(21,22)23)25-17(27)24-15/h2-9,14-15,28H,1H3,(H2,24,25,27)/t14-,15+,18-/m0/s1. The summed E-state index contributed by atoms with van der Waals surface area (Å²) in [6, 6.07) is 6.66. The summed E-state index contributed by atoms with van der Waals surface area (Å²) in [5, 5.41) is 14.1. The third-order valence-corrected chi connectivity index (χ3v) is 4.69. The number of amides is 2. The first-order valence-electron chi connectivity index (χ1n) is 8.38. The van der Waals surface area contributed by atoms with Gasteiger partial charge in [0.25, 0.3) is 0 Å². The van der Waals surface area contributed by atoms with Crippen LogP contribution in [0.3, 0.4) is 0 Å². The molecule has 0 saturated carbocycles. The van der Waals surface area contributed by atoms with E-state index in [1.807, 2.05) is 0 Å². The van der Waals surface area contributed by atoms with Crippen LogP contribution < -0.4 is 15.4 Å². The third-order valence-electron chi connectivity index (χ3n) is 4.69. The maximum atomic E-state index is 13.8. The molecule has 0 bridgehead atoms. The summed E-state index contributed by atoms with van der Waals surface area (Å²) < 4.78 is 59.5. The number of hydrogen-bond acceptors (Lipinski definition) is 4. The van der Waals surface area contributed by atoms with Gasteiger partial charge in [0, 0.05) is 5.56 Å². The second-order valence-electron chi connectivity index (χ2n) is 6.46. The minimum atomic E-state index is -5.37. The molecule has 0 radical (unpaired) electrons. The smallest absolute Gasteiger partial charge is 0.437 e. The van der Waals surface area contributed by atoms with E-state index in [1.165, 1.54) is 36.7 Å². The lowest BCUT2D eigenvalue weighted by Gasteiger charge is -2.45. The van der Waals surface area contributed by atoms with Crippen LogP contribution in [0.5, 0.6) is 5.75 Å². The molecule has 2 aromatic rings. The topological polar surface area (TPSA) is 87.7 Å². The van der Waals surface area contributed by atoms with Crippen molar-refractivity contribution >= 4 is 11.8 Å². The van der Waals surface area contributed by atoms with E-state index >= 15 is 0 Å². The van der Waals surface area contributed by atoms with Crippen molar-refractivity contribution in [1.29, 1.82) is 0 Å². The maximum absolute atomic E-state index is 13.8. The zero-order valence-electron chi connectivity index (χ0n) is 15.0. The second-order valence-corrected chi connectivity index (χ2v) is 6.46. The van der Waals surface area contributed by atoms with Crippen LogP contribution in [0.25, 0.3) is 0 Å². The molecule has 6 nitrogen and oxygen atoms in total. The van der Waals surface area contributed by atoms with Crippen LogP contribution in [0, 0.1) is 11.7 Å². The van der Waals surface area contributed by atoms with Crippen molar-refractivity contribution in [1.82, 2.24) is 10.6 Å². The lowest BCUT2D eigenvalue weighted by Crippen LogP contribution is -2.72. The molecule has 2 aromatic carbocycles. The monoisotopic (exact) mass is 412 g/mol. The number of nitrogens with one attached hydrogen (secondary N) is 2. The van der Waals surface area contributed by atoms with E-state index in [0.717, 1.165) is 24.3 Å². The van der Waals surface area contributed by atoms with Gasteiger partial charge in [-0.15, -0.1) is 0 Å². The number of carbonyl (C=O) groups is 2. The molecular formula is C19H16F4N2O4. The lowest BCUT2D eigenvalue weighted by atomic mass is 9.77. The van der Waals surface area contributed by atoms with Gasteiger partial charge in [-0.05, 0) is 42.0 Å². The van der Waals surface area contributed by atoms with E-state index in [1.54, 1.807) is 0 Å². The molecule has 154 valence electrons. The first-order chi connectivity index (χ1) is 13.6. The first-order valence-corrected chi connectivity index (χ1v) is 8.38. The van der Waals surface area contributed by atoms with Crippen LogP contribution in [0.2, 0.25) is 0 Å². The maximum Gasteiger partial charge on any atom is 0.437 e. The minimum Gasteiger partial charge on any atom is -0.497 e. The summed E-state index contributed by atoms with van der Waals surface area (Å²) in [6.07, 6.45) is -5.37. The van der Waals surface area contributed by atoms with Crippen molar-refractivity contribution in [2.75, 3.05) is 7.11 Å². The fraction of sp³-hybridized carbons (Fsp3) is 0.263. The number of aliphatic hydroxyl groups is 1. The fourth-order valence-electron chi connectivity index (χ4n) is 3.22. The zero-order chi connectivity index (χ0) is 21.4. The predicted molar refractivity (Wildman–Crippen MR) is 92.6 cm³/mol. The molecular weight excluding hydrogens is 396 g/mol. The molecule has 0 aliphatic carbocycles. The third kappa shape index (κ3) is 3.75. The van der Waals surface area contributed by atoms with Gasteiger partial charge in [-0.25, -0.2) is 9.18 Å². The van der Waals surface area contributed by atoms with Crippen LogP contribution in [0.4, 0.5) is 22.4 Å². The summed E-state index contributed by atoms with van der Waals surface area (Å²) in [5.74, 6) is -3.59. The Kier molecular flexibility index (Phi) is 5.22. The predicted octanol–water partition coefficient (Wildman–Crippen LogP) is 2.94. The van der Waals surface area contributed by atoms with Crippen molar-refractivity contribution < 1.29 is 37.0 Å². The Morgan fingerprint density at radius 3 is 2.21 bits per heavy atom. The Morgan fingerprint density at radius 1 is 1.10 bits per heavy atom. The molecule has 10 heteroatoms. The molecule has 0 aromatic heterocycles. The Morgan fingerprint density at radius 2 is 1.69 bits per heavy atom. The number of ether oxygens (including phenoxy) is 1. The van der Waals surface area contributed by atoms with E-state index < -0.39 is 41.5 Å². The molecule has 0 spiro atoms. The van der Waals surface area contributed by atoms with Gasteiger partial charge < -0.3 is 20.5 Å². The van der Waals surface area contributed by atoms with Gasteiger partial charge in [0.15, 0.2) is 5.78 Å². The second kappa shape index (κ2) is 7.36. The van der Waals surface area contributed by atoms with Gasteiger partial charge in [-0.1, -0.05) is 12.1 Å². The number of Topliss-reactive ketones (excluding diaryl/α,β-unsaturated/α-hetero) is 1. The normalized spacial score (nSPS) is 24.4. The molecule has 1 aliphatic heterocycles. The van der Waals surface area contributed by atoms with Gasteiger partial charge in [-0.3, -0.25) is 4.79 Å². The number of ketones is 1. The highest BCUT2D eigenvalue weighted by molar-refractivity contribution is 6.00. The average Bonchev–Trinajstić information content (AvgIpc) is 2.67. The Labute approximate surface area is 162 Å². The van der Waals surface area contributed by atoms with Crippen LogP contribution in [0.15, 0.2) is 48.5 Å². The van der Waals surface area contributed by atoms with Crippen molar-refractivity contribution in [3.05, 3.63) is 65.5 Å². The van der Waals surface area contributed by atoms with E-state index in [0.29, 0.717) is 5.75 Å². The number of rotatable bonds is 4. The van der Waals surface area contributed by atoms with Gasteiger partial charge >= 0.3 is 12.2 Å². The summed E-state index contributed by atoms with van der Waals surface area (Å²) >= 11 is 0. The summed E-state index contributed by atoms with van der Waals surface area (Å²) in [5.41, 5.74) is -3.95. The molecule has 3 N–H and O–H groups in total. The van der Waals surface area contributed by atoms with Gasteiger partial charge in [0.2, 0.25) is 5.72 Å². The number of benzene rings is 2. The molecule has 0 unspecified atom stereocenters. The quantitative estimate of drug-likeness (QED) is 0.532. The molecule has 3 rings (SSSR count). The van der Waals surface area contributed by atoms with Gasteiger partial charge in [-0.2, -0.15) is 13.2 Å². The highest BCUT2D eigenvalue weighted by Gasteiger charge is 2.66. The fourth-order valence-corrected chi connectivity index (χ4v) is 3.22. The molecule has 1 fully saturated rings. The van der Waals surface area contributed by atoms with Crippen molar-refractivity contribution in [2.45, 2.75) is 17.9 Å². The molecule has 3 atom stereocenters. The van der Waals surface area contributed by atoms with E-state index in [4.69, 9.17) is 4.74 Å². The SMILES string of the molecule is COc1ccc([C@H]2NC(=O)N[C@@](O)(C(F)(F)F)[C@@H]2C(=O)c2ccc(F)cc2)cc1.